The molecular formula is C18H16FN3OS. The van der Waals surface area contributed by atoms with Crippen molar-refractivity contribution in [2.24, 2.45) is 0 Å². The molecule has 24 heavy (non-hydrogen) atoms. The molecule has 2 aromatic heterocycles. The molecule has 0 aliphatic carbocycles. The van der Waals surface area contributed by atoms with E-state index in [9.17, 15) is 9.18 Å². The Labute approximate surface area is 143 Å². The van der Waals surface area contributed by atoms with Gasteiger partial charge in [0.15, 0.2) is 5.78 Å². The lowest BCUT2D eigenvalue weighted by Crippen LogP contribution is -2.00. The predicted molar refractivity (Wildman–Crippen MR) is 93.5 cm³/mol. The molecule has 1 aromatic carbocycles. The number of rotatable bonds is 5. The zero-order chi connectivity index (χ0) is 17.1. The maximum Gasteiger partial charge on any atom is 0.189 e. The van der Waals surface area contributed by atoms with Gasteiger partial charge in [-0.05, 0) is 50.3 Å². The Morgan fingerprint density at radius 3 is 2.71 bits per heavy atom. The van der Waals surface area contributed by atoms with Gasteiger partial charge in [0, 0.05) is 23.2 Å². The number of thiazole rings is 1. The van der Waals surface area contributed by atoms with Crippen LogP contribution in [0.15, 0.2) is 48.1 Å². The van der Waals surface area contributed by atoms with Gasteiger partial charge in [-0.1, -0.05) is 0 Å². The van der Waals surface area contributed by atoms with Crippen LogP contribution in [0.2, 0.25) is 0 Å². The van der Waals surface area contributed by atoms with Crippen molar-refractivity contribution in [2.75, 3.05) is 0 Å². The molecule has 3 rings (SSSR count). The second-order valence-corrected chi connectivity index (χ2v) is 6.44. The first-order valence-corrected chi connectivity index (χ1v) is 8.39. The number of hydrogen-bond donors (Lipinski definition) is 0. The van der Waals surface area contributed by atoms with Gasteiger partial charge in [0.05, 0.1) is 17.5 Å². The van der Waals surface area contributed by atoms with Crippen LogP contribution in [0.3, 0.4) is 0 Å². The molecule has 0 amide bonds. The van der Waals surface area contributed by atoms with E-state index in [2.05, 4.69) is 10.1 Å². The summed E-state index contributed by atoms with van der Waals surface area (Å²) in [5.41, 5.74) is 2.10. The van der Waals surface area contributed by atoms with Gasteiger partial charge in [-0.15, -0.1) is 11.3 Å². The number of benzene rings is 1. The number of carbonyl (C=O) groups excluding carboxylic acids is 1. The highest BCUT2D eigenvalue weighted by atomic mass is 32.1. The van der Waals surface area contributed by atoms with Crippen molar-refractivity contribution in [1.82, 2.24) is 14.8 Å². The number of halogens is 1. The molecule has 4 nitrogen and oxygen atoms in total. The smallest absolute Gasteiger partial charge is 0.189 e. The molecule has 3 aromatic rings. The van der Waals surface area contributed by atoms with Crippen LogP contribution in [0.5, 0.6) is 0 Å². The van der Waals surface area contributed by atoms with Crippen LogP contribution in [-0.4, -0.2) is 20.5 Å². The van der Waals surface area contributed by atoms with E-state index in [-0.39, 0.29) is 17.6 Å². The Morgan fingerprint density at radius 2 is 2.04 bits per heavy atom. The maximum atomic E-state index is 13.0. The summed E-state index contributed by atoms with van der Waals surface area (Å²) in [4.78, 5) is 16.6. The van der Waals surface area contributed by atoms with Crippen LogP contribution in [0, 0.1) is 5.82 Å². The Kier molecular flexibility index (Phi) is 4.66. The standard InChI is InChI=1S/C18H16FN3OS/c1-12(2)22-10-14(9-20-22)17(23)8-7-16-11-24-18(21-16)13-3-5-15(19)6-4-13/h3-12H,1-2H3/b8-7+. The molecule has 122 valence electrons. The van der Waals surface area contributed by atoms with Gasteiger partial charge in [-0.25, -0.2) is 9.37 Å². The molecule has 0 N–H and O–H groups in total. The normalized spacial score (nSPS) is 11.5. The second-order valence-electron chi connectivity index (χ2n) is 5.58. The Hall–Kier alpha value is -2.60. The zero-order valence-corrected chi connectivity index (χ0v) is 14.1. The number of ketones is 1. The summed E-state index contributed by atoms with van der Waals surface area (Å²) in [6, 6.07) is 6.40. The predicted octanol–water partition coefficient (Wildman–Crippen LogP) is 4.62. The fraction of sp³-hybridized carbons (Fsp3) is 0.167. The molecule has 0 radical (unpaired) electrons. The van der Waals surface area contributed by atoms with Crippen molar-refractivity contribution in [3.63, 3.8) is 0 Å². The van der Waals surface area contributed by atoms with E-state index in [0.717, 1.165) is 10.6 Å². The van der Waals surface area contributed by atoms with E-state index >= 15 is 0 Å². The minimum absolute atomic E-state index is 0.113. The lowest BCUT2D eigenvalue weighted by atomic mass is 10.2. The lowest BCUT2D eigenvalue weighted by Gasteiger charge is -2.02. The highest BCUT2D eigenvalue weighted by Crippen LogP contribution is 2.24. The van der Waals surface area contributed by atoms with Crippen LogP contribution in [-0.2, 0) is 0 Å². The highest BCUT2D eigenvalue weighted by Gasteiger charge is 2.08. The van der Waals surface area contributed by atoms with Crippen LogP contribution in [0.1, 0.15) is 35.9 Å². The first-order chi connectivity index (χ1) is 11.5. The molecule has 0 saturated heterocycles. The van der Waals surface area contributed by atoms with Gasteiger partial charge in [-0.2, -0.15) is 5.10 Å². The van der Waals surface area contributed by atoms with Crippen molar-refractivity contribution >= 4 is 23.2 Å². The van der Waals surface area contributed by atoms with E-state index < -0.39 is 0 Å². The largest absolute Gasteiger partial charge is 0.289 e. The van der Waals surface area contributed by atoms with Crippen LogP contribution < -0.4 is 0 Å². The number of hydrogen-bond acceptors (Lipinski definition) is 4. The van der Waals surface area contributed by atoms with Gasteiger partial charge >= 0.3 is 0 Å². The van der Waals surface area contributed by atoms with Crippen LogP contribution in [0.4, 0.5) is 4.39 Å². The van der Waals surface area contributed by atoms with E-state index in [1.807, 2.05) is 19.2 Å². The number of aromatic nitrogens is 3. The Bertz CT molecular complexity index is 878. The van der Waals surface area contributed by atoms with E-state index in [0.29, 0.717) is 11.3 Å². The Morgan fingerprint density at radius 1 is 1.29 bits per heavy atom. The van der Waals surface area contributed by atoms with Gasteiger partial charge < -0.3 is 0 Å². The SMILES string of the molecule is CC(C)n1cc(C(=O)/C=C/c2csc(-c3ccc(F)cc3)n2)cn1. The lowest BCUT2D eigenvalue weighted by molar-refractivity contribution is 0.104. The molecule has 0 aliphatic heterocycles. The minimum Gasteiger partial charge on any atom is -0.289 e. The fourth-order valence-electron chi connectivity index (χ4n) is 2.09. The second kappa shape index (κ2) is 6.88. The van der Waals surface area contributed by atoms with E-state index in [1.54, 1.807) is 35.3 Å². The summed E-state index contributed by atoms with van der Waals surface area (Å²) >= 11 is 1.45. The van der Waals surface area contributed by atoms with Crippen molar-refractivity contribution < 1.29 is 9.18 Å². The third-order valence-corrected chi connectivity index (χ3v) is 4.34. The monoisotopic (exact) mass is 341 g/mol. The van der Waals surface area contributed by atoms with Crippen LogP contribution in [0.25, 0.3) is 16.6 Å². The third-order valence-electron chi connectivity index (χ3n) is 3.43. The molecule has 6 heteroatoms. The topological polar surface area (TPSA) is 47.8 Å². The summed E-state index contributed by atoms with van der Waals surface area (Å²) in [7, 11) is 0. The summed E-state index contributed by atoms with van der Waals surface area (Å²) in [6.45, 7) is 4.01. The first-order valence-electron chi connectivity index (χ1n) is 7.51. The summed E-state index contributed by atoms with van der Waals surface area (Å²) in [6.07, 6.45) is 6.48. The number of carbonyl (C=O) groups is 1. The maximum absolute atomic E-state index is 13.0. The number of allylic oxidation sites excluding steroid dienone is 1. The summed E-state index contributed by atoms with van der Waals surface area (Å²) < 4.78 is 14.7. The van der Waals surface area contributed by atoms with Crippen molar-refractivity contribution in [1.29, 1.82) is 0 Å². The highest BCUT2D eigenvalue weighted by molar-refractivity contribution is 7.13. The molecule has 0 atom stereocenters. The molecule has 0 fully saturated rings. The van der Waals surface area contributed by atoms with Crippen molar-refractivity contribution in [2.45, 2.75) is 19.9 Å². The molecule has 2 heterocycles. The first kappa shape index (κ1) is 16.3. The zero-order valence-electron chi connectivity index (χ0n) is 13.3. The third kappa shape index (κ3) is 3.65. The summed E-state index contributed by atoms with van der Waals surface area (Å²) in [5.74, 6) is -0.388. The quantitative estimate of drug-likeness (QED) is 0.502. The molecule has 0 spiro atoms. The van der Waals surface area contributed by atoms with Crippen molar-refractivity contribution in [3.05, 3.63) is 65.2 Å². The Balaban J connectivity index is 1.72. The van der Waals surface area contributed by atoms with Gasteiger partial charge in [0.2, 0.25) is 0 Å². The van der Waals surface area contributed by atoms with Gasteiger partial charge in [0.1, 0.15) is 10.8 Å². The average molecular weight is 341 g/mol. The van der Waals surface area contributed by atoms with Gasteiger partial charge in [-0.3, -0.25) is 9.48 Å². The average Bonchev–Trinajstić information content (AvgIpc) is 3.23. The molecular weight excluding hydrogens is 325 g/mol. The molecule has 0 unspecified atom stereocenters. The fourth-order valence-corrected chi connectivity index (χ4v) is 2.89. The molecule has 0 bridgehead atoms. The molecule has 0 aliphatic rings. The van der Waals surface area contributed by atoms with E-state index in [4.69, 9.17) is 0 Å². The van der Waals surface area contributed by atoms with Crippen molar-refractivity contribution in [3.8, 4) is 10.6 Å². The minimum atomic E-state index is -0.275. The van der Waals surface area contributed by atoms with E-state index in [1.165, 1.54) is 29.5 Å². The number of nitrogens with zero attached hydrogens (tertiary/aromatic N) is 3. The molecule has 0 saturated carbocycles. The summed E-state index contributed by atoms with van der Waals surface area (Å²) in [5, 5.41) is 6.81. The van der Waals surface area contributed by atoms with Gasteiger partial charge in [0.25, 0.3) is 0 Å². The van der Waals surface area contributed by atoms with Crippen LogP contribution >= 0.6 is 11.3 Å².